The predicted octanol–water partition coefficient (Wildman–Crippen LogP) is 0.941. The highest BCUT2D eigenvalue weighted by Gasteiger charge is 2.51. The van der Waals surface area contributed by atoms with Crippen molar-refractivity contribution in [2.45, 2.75) is 28.5 Å². The van der Waals surface area contributed by atoms with Crippen LogP contribution in [0.25, 0.3) is 0 Å². The molecular formula is C18H17N5O7S2. The zero-order valence-electron chi connectivity index (χ0n) is 16.4. The maximum atomic E-state index is 12.6. The maximum absolute atomic E-state index is 12.6. The SMILES string of the molecule is O=S(=O)(N[C@@H]1CO[C@@H]2[C@@H]1OC[C@@H]2n1nnnc1Oc1ccc2c(c1)OCO2)c1cccs1. The molecular weight excluding hydrogens is 462 g/mol. The topological polar surface area (TPSA) is 136 Å². The number of thiophene rings is 1. The number of benzene rings is 1. The summed E-state index contributed by atoms with van der Waals surface area (Å²) in [5, 5.41) is 13.4. The third-order valence-electron chi connectivity index (χ3n) is 5.42. The molecule has 0 aliphatic carbocycles. The summed E-state index contributed by atoms with van der Waals surface area (Å²) in [6, 6.07) is 7.66. The van der Waals surface area contributed by atoms with E-state index < -0.39 is 28.3 Å². The number of rotatable bonds is 6. The molecule has 1 N–H and O–H groups in total. The summed E-state index contributed by atoms with van der Waals surface area (Å²) in [4.78, 5) is 0. The van der Waals surface area contributed by atoms with Crippen LogP contribution < -0.4 is 18.9 Å². The largest absolute Gasteiger partial charge is 0.454 e. The molecule has 32 heavy (non-hydrogen) atoms. The Kier molecular flexibility index (Phi) is 4.76. The van der Waals surface area contributed by atoms with Crippen LogP contribution in [0, 0.1) is 0 Å². The minimum absolute atomic E-state index is 0.157. The second kappa shape index (κ2) is 7.67. The molecule has 0 unspecified atom stereocenters. The van der Waals surface area contributed by atoms with Crippen LogP contribution in [0.1, 0.15) is 6.04 Å². The first kappa shape index (κ1) is 19.9. The van der Waals surface area contributed by atoms with E-state index in [0.29, 0.717) is 17.2 Å². The van der Waals surface area contributed by atoms with E-state index >= 15 is 0 Å². The van der Waals surface area contributed by atoms with Crippen LogP contribution in [0.5, 0.6) is 23.3 Å². The molecule has 3 aliphatic heterocycles. The van der Waals surface area contributed by atoms with Gasteiger partial charge >= 0.3 is 6.01 Å². The second-order valence-corrected chi connectivity index (χ2v) is 10.2. The van der Waals surface area contributed by atoms with Crippen molar-refractivity contribution in [3.63, 3.8) is 0 Å². The van der Waals surface area contributed by atoms with Gasteiger partial charge in [-0.05, 0) is 34.0 Å². The molecule has 14 heteroatoms. The molecule has 5 heterocycles. The van der Waals surface area contributed by atoms with Crippen molar-refractivity contribution in [3.8, 4) is 23.3 Å². The van der Waals surface area contributed by atoms with Gasteiger partial charge in [-0.15, -0.1) is 11.3 Å². The van der Waals surface area contributed by atoms with Crippen molar-refractivity contribution in [1.82, 2.24) is 24.9 Å². The van der Waals surface area contributed by atoms with Gasteiger partial charge < -0.3 is 23.7 Å². The monoisotopic (exact) mass is 479 g/mol. The van der Waals surface area contributed by atoms with Crippen LogP contribution in [-0.4, -0.2) is 66.9 Å². The van der Waals surface area contributed by atoms with E-state index in [1.165, 1.54) is 4.68 Å². The molecule has 168 valence electrons. The summed E-state index contributed by atoms with van der Waals surface area (Å²) < 4.78 is 58.0. The quantitative estimate of drug-likeness (QED) is 0.544. The molecule has 0 saturated carbocycles. The van der Waals surface area contributed by atoms with Crippen molar-refractivity contribution in [2.75, 3.05) is 20.0 Å². The standard InChI is InChI=1S/C18H17N5O7S2/c24-32(25,15-2-1-5-31-15)20-11-7-26-17-12(8-27-16(11)17)23-18(19-21-22-23)30-10-3-4-13-14(6-10)29-9-28-13/h1-6,11-12,16-17,20H,7-9H2/t11-,12+,16-,17+/m1/s1. The van der Waals surface area contributed by atoms with Crippen LogP contribution in [-0.2, 0) is 19.5 Å². The lowest BCUT2D eigenvalue weighted by atomic mass is 10.1. The van der Waals surface area contributed by atoms with Gasteiger partial charge in [0.2, 0.25) is 16.8 Å². The minimum Gasteiger partial charge on any atom is -0.454 e. The first-order valence-corrected chi connectivity index (χ1v) is 12.1. The smallest absolute Gasteiger partial charge is 0.341 e. The maximum Gasteiger partial charge on any atom is 0.341 e. The number of ether oxygens (including phenoxy) is 5. The predicted molar refractivity (Wildman–Crippen MR) is 107 cm³/mol. The number of tetrazole rings is 1. The van der Waals surface area contributed by atoms with E-state index in [-0.39, 0.29) is 36.3 Å². The van der Waals surface area contributed by atoms with Gasteiger partial charge in [-0.3, -0.25) is 0 Å². The van der Waals surface area contributed by atoms with E-state index in [1.54, 1.807) is 35.7 Å². The normalized spacial score (nSPS) is 26.4. The highest BCUT2D eigenvalue weighted by Crippen LogP contribution is 2.39. The Labute approximate surface area is 186 Å². The number of aromatic nitrogens is 4. The molecule has 0 spiro atoms. The van der Waals surface area contributed by atoms with Gasteiger partial charge in [0.15, 0.2) is 11.5 Å². The Morgan fingerprint density at radius 3 is 2.88 bits per heavy atom. The van der Waals surface area contributed by atoms with Crippen molar-refractivity contribution >= 4 is 21.4 Å². The van der Waals surface area contributed by atoms with Gasteiger partial charge in [-0.1, -0.05) is 11.2 Å². The van der Waals surface area contributed by atoms with Gasteiger partial charge in [0, 0.05) is 6.07 Å². The number of nitrogens with one attached hydrogen (secondary N) is 1. The Bertz CT molecular complexity index is 1230. The first-order chi connectivity index (χ1) is 15.6. The summed E-state index contributed by atoms with van der Waals surface area (Å²) in [7, 11) is -3.65. The molecule has 0 amide bonds. The van der Waals surface area contributed by atoms with E-state index in [4.69, 9.17) is 23.7 Å². The fraction of sp³-hybridized carbons (Fsp3) is 0.389. The molecule has 0 radical (unpaired) electrons. The van der Waals surface area contributed by atoms with Crippen molar-refractivity contribution in [1.29, 1.82) is 0 Å². The van der Waals surface area contributed by atoms with Crippen molar-refractivity contribution in [2.24, 2.45) is 0 Å². The summed E-state index contributed by atoms with van der Waals surface area (Å²) in [6.07, 6.45) is -0.911. The van der Waals surface area contributed by atoms with Crippen LogP contribution in [0.15, 0.2) is 39.9 Å². The number of sulfonamides is 1. The molecule has 12 nitrogen and oxygen atoms in total. The number of fused-ring (bicyclic) bond motifs is 2. The van der Waals surface area contributed by atoms with Gasteiger partial charge in [0.05, 0.1) is 19.3 Å². The summed E-state index contributed by atoms with van der Waals surface area (Å²) in [6.45, 7) is 0.583. The van der Waals surface area contributed by atoms with Crippen LogP contribution in [0.4, 0.5) is 0 Å². The van der Waals surface area contributed by atoms with Gasteiger partial charge in [0.25, 0.3) is 0 Å². The van der Waals surface area contributed by atoms with Crippen molar-refractivity contribution in [3.05, 3.63) is 35.7 Å². The lowest BCUT2D eigenvalue weighted by molar-refractivity contribution is 0.0615. The Morgan fingerprint density at radius 2 is 2.00 bits per heavy atom. The van der Waals surface area contributed by atoms with E-state index in [0.717, 1.165) is 11.3 Å². The molecule has 2 aromatic heterocycles. The fourth-order valence-corrected chi connectivity index (χ4v) is 6.21. The molecule has 6 rings (SSSR count). The molecule has 2 fully saturated rings. The molecule has 4 atom stereocenters. The van der Waals surface area contributed by atoms with E-state index in [2.05, 4.69) is 20.2 Å². The second-order valence-electron chi connectivity index (χ2n) is 7.35. The number of hydrogen-bond acceptors (Lipinski definition) is 11. The van der Waals surface area contributed by atoms with E-state index in [1.807, 2.05) is 0 Å². The fourth-order valence-electron chi connectivity index (χ4n) is 3.97. The van der Waals surface area contributed by atoms with Gasteiger partial charge in [-0.25, -0.2) is 13.1 Å². The highest BCUT2D eigenvalue weighted by molar-refractivity contribution is 7.91. The number of nitrogens with zero attached hydrogens (tertiary/aromatic N) is 4. The lowest BCUT2D eigenvalue weighted by Gasteiger charge is -2.18. The minimum atomic E-state index is -3.65. The molecule has 2 saturated heterocycles. The third kappa shape index (κ3) is 3.40. The van der Waals surface area contributed by atoms with Crippen LogP contribution >= 0.6 is 11.3 Å². The molecule has 3 aromatic rings. The zero-order chi connectivity index (χ0) is 21.7. The van der Waals surface area contributed by atoms with E-state index in [9.17, 15) is 8.42 Å². The highest BCUT2D eigenvalue weighted by atomic mass is 32.2. The molecule has 3 aliphatic rings. The Balaban J connectivity index is 1.18. The summed E-state index contributed by atoms with van der Waals surface area (Å²) >= 11 is 1.15. The Morgan fingerprint density at radius 1 is 1.12 bits per heavy atom. The van der Waals surface area contributed by atoms with Crippen molar-refractivity contribution < 1.29 is 32.1 Å². The first-order valence-electron chi connectivity index (χ1n) is 9.73. The van der Waals surface area contributed by atoms with Crippen LogP contribution in [0.3, 0.4) is 0 Å². The summed E-state index contributed by atoms with van der Waals surface area (Å²) in [5.41, 5.74) is 0. The molecule has 0 bridgehead atoms. The lowest BCUT2D eigenvalue weighted by Crippen LogP contribution is -2.43. The van der Waals surface area contributed by atoms with Crippen LogP contribution in [0.2, 0.25) is 0 Å². The average molecular weight is 479 g/mol. The van der Waals surface area contributed by atoms with Gasteiger partial charge in [-0.2, -0.15) is 4.68 Å². The summed E-state index contributed by atoms with van der Waals surface area (Å²) in [5.74, 6) is 1.69. The average Bonchev–Trinajstić information content (AvgIpc) is 3.57. The third-order valence-corrected chi connectivity index (χ3v) is 8.31. The van der Waals surface area contributed by atoms with Gasteiger partial charge in [0.1, 0.15) is 28.2 Å². The molecule has 1 aromatic carbocycles. The number of hydrogen-bond donors (Lipinski definition) is 1. The zero-order valence-corrected chi connectivity index (χ0v) is 18.0. The Hall–Kier alpha value is -2.78.